The SMILES string of the molecule is CC(CN1CCOCC1)N(C)C(=O)c1cc2ccc(Br)cc2s1. The molecule has 6 heteroatoms. The van der Waals surface area contributed by atoms with E-state index in [1.54, 1.807) is 11.3 Å². The maximum atomic E-state index is 12.8. The first-order valence-corrected chi connectivity index (χ1v) is 9.42. The van der Waals surface area contributed by atoms with Gasteiger partial charge in [-0.15, -0.1) is 11.3 Å². The number of fused-ring (bicyclic) bond motifs is 1. The van der Waals surface area contributed by atoms with E-state index in [0.29, 0.717) is 0 Å². The van der Waals surface area contributed by atoms with Crippen molar-refractivity contribution in [1.29, 1.82) is 0 Å². The van der Waals surface area contributed by atoms with E-state index in [2.05, 4.69) is 33.8 Å². The summed E-state index contributed by atoms with van der Waals surface area (Å²) in [6.07, 6.45) is 0. The Morgan fingerprint density at radius 3 is 2.87 bits per heavy atom. The number of carbonyl (C=O) groups is 1. The lowest BCUT2D eigenvalue weighted by Crippen LogP contribution is -2.46. The van der Waals surface area contributed by atoms with Crippen molar-refractivity contribution in [2.75, 3.05) is 39.9 Å². The number of likely N-dealkylation sites (N-methyl/N-ethyl adjacent to an activating group) is 1. The summed E-state index contributed by atoms with van der Waals surface area (Å²) in [5.41, 5.74) is 0. The summed E-state index contributed by atoms with van der Waals surface area (Å²) in [4.78, 5) is 17.8. The van der Waals surface area contributed by atoms with Crippen molar-refractivity contribution in [1.82, 2.24) is 9.80 Å². The highest BCUT2D eigenvalue weighted by atomic mass is 79.9. The van der Waals surface area contributed by atoms with Gasteiger partial charge in [-0.1, -0.05) is 22.0 Å². The Hall–Kier alpha value is -0.950. The van der Waals surface area contributed by atoms with Crippen LogP contribution in [0.4, 0.5) is 0 Å². The predicted octanol–water partition coefficient (Wildman–Crippen LogP) is 3.46. The van der Waals surface area contributed by atoms with Crippen LogP contribution in [-0.2, 0) is 4.74 Å². The Kier molecular flexibility index (Phi) is 5.36. The monoisotopic (exact) mass is 396 g/mol. The molecule has 1 aromatic heterocycles. The normalized spacial score (nSPS) is 17.3. The Morgan fingerprint density at radius 1 is 1.39 bits per heavy atom. The highest BCUT2D eigenvalue weighted by Crippen LogP contribution is 2.29. The predicted molar refractivity (Wildman–Crippen MR) is 98.3 cm³/mol. The number of benzene rings is 1. The third-order valence-corrected chi connectivity index (χ3v) is 5.88. The molecule has 3 rings (SSSR count). The minimum absolute atomic E-state index is 0.100. The molecule has 0 aliphatic carbocycles. The maximum Gasteiger partial charge on any atom is 0.263 e. The van der Waals surface area contributed by atoms with E-state index in [1.807, 2.05) is 30.1 Å². The zero-order valence-electron chi connectivity index (χ0n) is 13.4. The summed E-state index contributed by atoms with van der Waals surface area (Å²) in [6, 6.07) is 8.29. The van der Waals surface area contributed by atoms with Crippen molar-refractivity contribution in [2.24, 2.45) is 0 Å². The molecular weight excluding hydrogens is 376 g/mol. The average molecular weight is 397 g/mol. The summed E-state index contributed by atoms with van der Waals surface area (Å²) in [7, 11) is 1.90. The second kappa shape index (κ2) is 7.30. The maximum absolute atomic E-state index is 12.8. The van der Waals surface area contributed by atoms with Crippen molar-refractivity contribution in [2.45, 2.75) is 13.0 Å². The molecule has 0 bridgehead atoms. The molecule has 0 N–H and O–H groups in total. The zero-order chi connectivity index (χ0) is 16.4. The Labute approximate surface area is 149 Å². The molecule has 1 unspecified atom stereocenters. The van der Waals surface area contributed by atoms with E-state index >= 15 is 0 Å². The van der Waals surface area contributed by atoms with E-state index in [4.69, 9.17) is 4.74 Å². The third kappa shape index (κ3) is 3.94. The van der Waals surface area contributed by atoms with Gasteiger partial charge in [0.1, 0.15) is 0 Å². The fourth-order valence-electron chi connectivity index (χ4n) is 2.76. The van der Waals surface area contributed by atoms with Gasteiger partial charge < -0.3 is 9.64 Å². The van der Waals surface area contributed by atoms with E-state index < -0.39 is 0 Å². The number of halogens is 1. The van der Waals surface area contributed by atoms with Crippen LogP contribution in [0.5, 0.6) is 0 Å². The number of thiophene rings is 1. The molecule has 1 aliphatic heterocycles. The van der Waals surface area contributed by atoms with Crippen LogP contribution in [0.2, 0.25) is 0 Å². The van der Waals surface area contributed by atoms with Crippen LogP contribution in [0, 0.1) is 0 Å². The van der Waals surface area contributed by atoms with Crippen molar-refractivity contribution in [3.8, 4) is 0 Å². The van der Waals surface area contributed by atoms with Gasteiger partial charge >= 0.3 is 0 Å². The summed E-state index contributed by atoms with van der Waals surface area (Å²) < 4.78 is 7.56. The molecule has 1 aromatic carbocycles. The molecule has 1 amide bonds. The lowest BCUT2D eigenvalue weighted by Gasteiger charge is -2.32. The number of hydrogen-bond acceptors (Lipinski definition) is 4. The van der Waals surface area contributed by atoms with Crippen LogP contribution >= 0.6 is 27.3 Å². The molecule has 1 atom stereocenters. The number of ether oxygens (including phenoxy) is 1. The van der Waals surface area contributed by atoms with Gasteiger partial charge in [0, 0.05) is 41.9 Å². The van der Waals surface area contributed by atoms with Gasteiger partial charge in [-0.25, -0.2) is 0 Å². The van der Waals surface area contributed by atoms with Crippen LogP contribution in [0.15, 0.2) is 28.7 Å². The molecule has 2 heterocycles. The summed E-state index contributed by atoms with van der Waals surface area (Å²) in [5, 5.41) is 1.12. The summed E-state index contributed by atoms with van der Waals surface area (Å²) >= 11 is 5.04. The largest absolute Gasteiger partial charge is 0.379 e. The quantitative estimate of drug-likeness (QED) is 0.792. The minimum Gasteiger partial charge on any atom is -0.379 e. The van der Waals surface area contributed by atoms with Crippen molar-refractivity contribution in [3.05, 3.63) is 33.6 Å². The number of hydrogen-bond donors (Lipinski definition) is 0. The molecule has 0 radical (unpaired) electrons. The van der Waals surface area contributed by atoms with Crippen molar-refractivity contribution < 1.29 is 9.53 Å². The average Bonchev–Trinajstić information content (AvgIpc) is 2.97. The van der Waals surface area contributed by atoms with Gasteiger partial charge in [0.05, 0.1) is 18.1 Å². The Balaban J connectivity index is 1.69. The van der Waals surface area contributed by atoms with Gasteiger partial charge in [0.15, 0.2) is 0 Å². The van der Waals surface area contributed by atoms with Crippen LogP contribution in [0.3, 0.4) is 0 Å². The fraction of sp³-hybridized carbons (Fsp3) is 0.471. The Morgan fingerprint density at radius 2 is 2.13 bits per heavy atom. The van der Waals surface area contributed by atoms with Crippen molar-refractivity contribution >= 4 is 43.3 Å². The lowest BCUT2D eigenvalue weighted by atomic mass is 10.2. The van der Waals surface area contributed by atoms with E-state index in [1.165, 1.54) is 0 Å². The van der Waals surface area contributed by atoms with Crippen LogP contribution in [0.25, 0.3) is 10.1 Å². The zero-order valence-corrected chi connectivity index (χ0v) is 15.8. The topological polar surface area (TPSA) is 32.8 Å². The Bertz CT molecular complexity index is 697. The highest BCUT2D eigenvalue weighted by molar-refractivity contribution is 9.10. The molecule has 0 saturated carbocycles. The van der Waals surface area contributed by atoms with E-state index in [9.17, 15) is 4.79 Å². The fourth-order valence-corrected chi connectivity index (χ4v) is 4.36. The summed E-state index contributed by atoms with van der Waals surface area (Å²) in [6.45, 7) is 6.47. The molecule has 4 nitrogen and oxygen atoms in total. The molecule has 23 heavy (non-hydrogen) atoms. The minimum atomic E-state index is 0.100. The van der Waals surface area contributed by atoms with Crippen LogP contribution in [-0.4, -0.2) is 61.6 Å². The molecule has 1 aliphatic rings. The van der Waals surface area contributed by atoms with Crippen LogP contribution < -0.4 is 0 Å². The first-order chi connectivity index (χ1) is 11.0. The number of rotatable bonds is 4. The number of nitrogens with zero attached hydrogens (tertiary/aromatic N) is 2. The standard InChI is InChI=1S/C17H21BrN2O2S/c1-12(11-20-5-7-22-8-6-20)19(2)17(21)16-9-13-3-4-14(18)10-15(13)23-16/h3-4,9-10,12H,5-8,11H2,1-2H3. The van der Waals surface area contributed by atoms with Gasteiger partial charge in [-0.05, 0) is 30.5 Å². The third-order valence-electron chi connectivity index (χ3n) is 4.30. The lowest BCUT2D eigenvalue weighted by molar-refractivity contribution is 0.0262. The molecule has 2 aromatic rings. The van der Waals surface area contributed by atoms with Gasteiger partial charge in [0.2, 0.25) is 0 Å². The molecular formula is C17H21BrN2O2S. The molecule has 124 valence electrons. The van der Waals surface area contributed by atoms with E-state index in [0.717, 1.165) is 52.3 Å². The molecule has 1 saturated heterocycles. The number of carbonyl (C=O) groups excluding carboxylic acids is 1. The van der Waals surface area contributed by atoms with E-state index in [-0.39, 0.29) is 11.9 Å². The van der Waals surface area contributed by atoms with Crippen molar-refractivity contribution in [3.63, 3.8) is 0 Å². The second-order valence-electron chi connectivity index (χ2n) is 5.97. The number of morpholine rings is 1. The number of amides is 1. The molecule has 1 fully saturated rings. The second-order valence-corrected chi connectivity index (χ2v) is 7.97. The van der Waals surface area contributed by atoms with Gasteiger partial charge in [-0.3, -0.25) is 9.69 Å². The first kappa shape index (κ1) is 16.9. The molecule has 0 spiro atoms. The van der Waals surface area contributed by atoms with Gasteiger partial charge in [0.25, 0.3) is 5.91 Å². The smallest absolute Gasteiger partial charge is 0.263 e. The summed E-state index contributed by atoms with van der Waals surface area (Å²) in [5.74, 6) is 0.100. The highest BCUT2D eigenvalue weighted by Gasteiger charge is 2.22. The first-order valence-electron chi connectivity index (χ1n) is 7.81. The van der Waals surface area contributed by atoms with Gasteiger partial charge in [-0.2, -0.15) is 0 Å². The van der Waals surface area contributed by atoms with Crippen LogP contribution in [0.1, 0.15) is 16.6 Å².